The van der Waals surface area contributed by atoms with Crippen LogP contribution in [0.2, 0.25) is 0 Å². The first-order valence-corrected chi connectivity index (χ1v) is 8.21. The van der Waals surface area contributed by atoms with Crippen LogP contribution in [0.25, 0.3) is 0 Å². The molecule has 5 nitrogen and oxygen atoms in total. The lowest BCUT2D eigenvalue weighted by molar-refractivity contribution is 0.174. The molecular weight excluding hydrogens is 324 g/mol. The summed E-state index contributed by atoms with van der Waals surface area (Å²) in [6.45, 7) is 0.633. The van der Waals surface area contributed by atoms with E-state index in [9.17, 15) is 4.79 Å². The molecule has 2 N–H and O–H groups in total. The molecule has 0 aromatic heterocycles. The number of rotatable bonds is 4. The summed E-state index contributed by atoms with van der Waals surface area (Å²) in [6, 6.07) is 12.6. The van der Waals surface area contributed by atoms with Crippen molar-refractivity contribution >= 4 is 33.4 Å². The molecule has 0 radical (unpaired) electrons. The Bertz CT molecular complexity index is 696. The molecule has 22 heavy (non-hydrogen) atoms. The highest BCUT2D eigenvalue weighted by Gasteiger charge is 2.13. The highest BCUT2D eigenvalue weighted by atomic mass is 35.7. The van der Waals surface area contributed by atoms with Gasteiger partial charge >= 0.3 is 6.03 Å². The molecule has 1 aliphatic rings. The molecule has 0 spiro atoms. The van der Waals surface area contributed by atoms with E-state index in [-0.39, 0.29) is 12.8 Å². The molecule has 0 saturated carbocycles. The minimum atomic E-state index is -0.283. The van der Waals surface area contributed by atoms with E-state index < -0.39 is 0 Å². The molecule has 3 rings (SSSR count). The third-order valence-corrected chi connectivity index (χ3v) is 4.04. The quantitative estimate of drug-likeness (QED) is 0.886. The lowest BCUT2D eigenvalue weighted by Gasteiger charge is -2.09. The van der Waals surface area contributed by atoms with E-state index in [0.717, 1.165) is 27.2 Å². The molecule has 0 aliphatic carbocycles. The van der Waals surface area contributed by atoms with Gasteiger partial charge in [-0.25, -0.2) is 4.79 Å². The normalized spacial score (nSPS) is 12.0. The van der Waals surface area contributed by atoms with E-state index in [4.69, 9.17) is 20.2 Å². The Labute approximate surface area is 136 Å². The van der Waals surface area contributed by atoms with Gasteiger partial charge in [-0.2, -0.15) is 0 Å². The summed E-state index contributed by atoms with van der Waals surface area (Å²) in [5, 5.41) is 5.55. The van der Waals surface area contributed by atoms with E-state index in [1.807, 2.05) is 30.3 Å². The third kappa shape index (κ3) is 3.58. The summed E-state index contributed by atoms with van der Waals surface area (Å²) in [7, 11) is 6.80. The molecule has 2 amide bonds. The van der Waals surface area contributed by atoms with Crippen molar-refractivity contribution in [3.05, 3.63) is 48.0 Å². The Hall–Kier alpha value is -2.05. The molecule has 1 heterocycles. The van der Waals surface area contributed by atoms with Crippen molar-refractivity contribution < 1.29 is 14.3 Å². The summed E-state index contributed by atoms with van der Waals surface area (Å²) < 4.78 is 10.5. The van der Waals surface area contributed by atoms with Crippen LogP contribution < -0.4 is 20.1 Å². The summed E-state index contributed by atoms with van der Waals surface area (Å²) in [4.78, 5) is 12.8. The predicted molar refractivity (Wildman–Crippen MR) is 86.6 cm³/mol. The highest BCUT2D eigenvalue weighted by Crippen LogP contribution is 2.32. The van der Waals surface area contributed by atoms with Gasteiger partial charge in [-0.15, -0.1) is 0 Å². The number of hydrogen-bond donors (Lipinski definition) is 2. The standard InChI is InChI=1S/C15H13ClN2O3S/c16-22-12-3-1-2-11(7-12)18-15(19)17-8-10-4-5-13-14(6-10)21-9-20-13/h1-7H,8-9H2,(H2,17,18,19). The lowest BCUT2D eigenvalue weighted by atomic mass is 10.2. The molecule has 0 fully saturated rings. The van der Waals surface area contributed by atoms with Crippen molar-refractivity contribution in [3.8, 4) is 11.5 Å². The second-order valence-corrected chi connectivity index (χ2v) is 5.69. The average Bonchev–Trinajstić information content (AvgIpc) is 3.00. The van der Waals surface area contributed by atoms with Gasteiger partial charge in [0.25, 0.3) is 0 Å². The van der Waals surface area contributed by atoms with Crippen LogP contribution in [0.4, 0.5) is 10.5 Å². The van der Waals surface area contributed by atoms with Crippen LogP contribution >= 0.6 is 21.7 Å². The second kappa shape index (κ2) is 6.81. The number of anilines is 1. The van der Waals surface area contributed by atoms with Crippen LogP contribution in [-0.2, 0) is 6.54 Å². The summed E-state index contributed by atoms with van der Waals surface area (Å²) in [6.07, 6.45) is 0. The van der Waals surface area contributed by atoms with Crippen LogP contribution in [0.1, 0.15) is 5.56 Å². The second-order valence-electron chi connectivity index (χ2n) is 4.60. The van der Waals surface area contributed by atoms with Crippen molar-refractivity contribution in [1.82, 2.24) is 5.32 Å². The van der Waals surface area contributed by atoms with Crippen molar-refractivity contribution in [2.24, 2.45) is 0 Å². The highest BCUT2D eigenvalue weighted by molar-refractivity contribution is 8.21. The Kier molecular flexibility index (Phi) is 4.60. The van der Waals surface area contributed by atoms with Crippen molar-refractivity contribution in [2.75, 3.05) is 12.1 Å². The lowest BCUT2D eigenvalue weighted by Crippen LogP contribution is -2.28. The van der Waals surface area contributed by atoms with Gasteiger partial charge in [0.2, 0.25) is 6.79 Å². The van der Waals surface area contributed by atoms with Crippen LogP contribution in [-0.4, -0.2) is 12.8 Å². The largest absolute Gasteiger partial charge is 0.454 e. The molecular formula is C15H13ClN2O3S. The topological polar surface area (TPSA) is 59.6 Å². The van der Waals surface area contributed by atoms with Gasteiger partial charge in [-0.1, -0.05) is 12.1 Å². The van der Waals surface area contributed by atoms with E-state index in [0.29, 0.717) is 18.0 Å². The molecule has 114 valence electrons. The number of fused-ring (bicyclic) bond motifs is 1. The maximum Gasteiger partial charge on any atom is 0.319 e. The first-order chi connectivity index (χ1) is 10.7. The molecule has 0 atom stereocenters. The monoisotopic (exact) mass is 336 g/mol. The van der Waals surface area contributed by atoms with Crippen molar-refractivity contribution in [3.63, 3.8) is 0 Å². The zero-order valence-corrected chi connectivity index (χ0v) is 13.0. The third-order valence-electron chi connectivity index (χ3n) is 3.07. The number of carbonyl (C=O) groups is 1. The average molecular weight is 337 g/mol. The molecule has 2 aromatic carbocycles. The zero-order chi connectivity index (χ0) is 15.4. The molecule has 0 unspecified atom stereocenters. The fourth-order valence-corrected chi connectivity index (χ4v) is 2.62. The van der Waals surface area contributed by atoms with Gasteiger partial charge in [-0.3, -0.25) is 0 Å². The molecule has 0 bridgehead atoms. The molecule has 7 heteroatoms. The van der Waals surface area contributed by atoms with E-state index in [2.05, 4.69) is 10.6 Å². The Morgan fingerprint density at radius 1 is 1.18 bits per heavy atom. The van der Waals surface area contributed by atoms with Gasteiger partial charge in [-0.05, 0) is 57.6 Å². The first kappa shape index (κ1) is 14.9. The van der Waals surface area contributed by atoms with Gasteiger partial charge in [0.15, 0.2) is 11.5 Å². The molecule has 0 saturated heterocycles. The number of urea groups is 1. The SMILES string of the molecule is O=C(NCc1ccc2c(c1)OCO2)Nc1cccc(SCl)c1. The maximum atomic E-state index is 11.9. The van der Waals surface area contributed by atoms with E-state index >= 15 is 0 Å². The number of halogens is 1. The summed E-state index contributed by atoms with van der Waals surface area (Å²) in [5.74, 6) is 1.43. The number of hydrogen-bond acceptors (Lipinski definition) is 4. The minimum Gasteiger partial charge on any atom is -0.454 e. The number of ether oxygens (including phenoxy) is 2. The van der Waals surface area contributed by atoms with Gasteiger partial charge in [0.1, 0.15) is 0 Å². The first-order valence-electron chi connectivity index (χ1n) is 6.56. The Balaban J connectivity index is 1.56. The zero-order valence-electron chi connectivity index (χ0n) is 11.5. The van der Waals surface area contributed by atoms with E-state index in [1.54, 1.807) is 12.1 Å². The fraction of sp³-hybridized carbons (Fsp3) is 0.133. The smallest absolute Gasteiger partial charge is 0.319 e. The summed E-state index contributed by atoms with van der Waals surface area (Å²) >= 11 is 0. The van der Waals surface area contributed by atoms with Crippen molar-refractivity contribution in [1.29, 1.82) is 0 Å². The predicted octanol–water partition coefficient (Wildman–Crippen LogP) is 3.98. The number of amides is 2. The summed E-state index contributed by atoms with van der Waals surface area (Å²) in [5.41, 5.74) is 1.62. The Morgan fingerprint density at radius 2 is 2.05 bits per heavy atom. The maximum absolute atomic E-state index is 11.9. The van der Waals surface area contributed by atoms with Crippen molar-refractivity contribution in [2.45, 2.75) is 11.4 Å². The van der Waals surface area contributed by atoms with Gasteiger partial charge in [0, 0.05) is 17.1 Å². The molecule has 1 aliphatic heterocycles. The van der Waals surface area contributed by atoms with Crippen LogP contribution in [0.15, 0.2) is 47.4 Å². The number of benzene rings is 2. The number of nitrogens with one attached hydrogen (secondary N) is 2. The molecule has 2 aromatic rings. The van der Waals surface area contributed by atoms with Gasteiger partial charge in [0.05, 0.1) is 0 Å². The van der Waals surface area contributed by atoms with Crippen LogP contribution in [0.5, 0.6) is 11.5 Å². The fourth-order valence-electron chi connectivity index (χ4n) is 2.03. The van der Waals surface area contributed by atoms with Crippen LogP contribution in [0, 0.1) is 0 Å². The van der Waals surface area contributed by atoms with Gasteiger partial charge < -0.3 is 20.1 Å². The van der Waals surface area contributed by atoms with Crippen LogP contribution in [0.3, 0.4) is 0 Å². The minimum absolute atomic E-state index is 0.238. The van der Waals surface area contributed by atoms with E-state index in [1.165, 1.54) is 0 Å². The Morgan fingerprint density at radius 3 is 2.91 bits per heavy atom. The number of carbonyl (C=O) groups excluding carboxylic acids is 1.